The van der Waals surface area contributed by atoms with Crippen molar-refractivity contribution in [2.24, 2.45) is 10.1 Å². The number of aromatic nitrogens is 1. The number of primary sulfonamides is 1. The number of fused-ring (bicyclic) bond motifs is 1. The molecule has 1 aromatic heterocycles. The van der Waals surface area contributed by atoms with Crippen molar-refractivity contribution in [1.29, 1.82) is 0 Å². The van der Waals surface area contributed by atoms with Crippen LogP contribution in [0.4, 0.5) is 0 Å². The molecule has 0 unspecified atom stereocenters. The average molecular weight is 527 g/mol. The monoisotopic (exact) mass is 526 g/mol. The molecule has 1 amide bonds. The van der Waals surface area contributed by atoms with Gasteiger partial charge in [-0.05, 0) is 56.3 Å². The van der Waals surface area contributed by atoms with Crippen molar-refractivity contribution >= 4 is 47.5 Å². The van der Waals surface area contributed by atoms with Gasteiger partial charge in [0.05, 0.1) is 26.6 Å². The zero-order valence-electron chi connectivity index (χ0n) is 19.1. The van der Waals surface area contributed by atoms with E-state index in [4.69, 9.17) is 9.88 Å². The first-order valence-electron chi connectivity index (χ1n) is 10.2. The Kier molecular flexibility index (Phi) is 7.75. The van der Waals surface area contributed by atoms with E-state index in [2.05, 4.69) is 4.99 Å². The lowest BCUT2D eigenvalue weighted by Crippen LogP contribution is -2.33. The molecular weight excluding hydrogens is 500 g/mol. The summed E-state index contributed by atoms with van der Waals surface area (Å²) in [6.07, 6.45) is 0. The van der Waals surface area contributed by atoms with E-state index in [0.29, 0.717) is 28.2 Å². The minimum atomic E-state index is -3.89. The Morgan fingerprint density at radius 3 is 2.29 bits per heavy atom. The Morgan fingerprint density at radius 2 is 1.74 bits per heavy atom. The molecule has 0 atom stereocenters. The van der Waals surface area contributed by atoms with Gasteiger partial charge in [-0.15, -0.1) is 0 Å². The first-order chi connectivity index (χ1) is 15.9. The smallest absolute Gasteiger partial charge is 0.279 e. The van der Waals surface area contributed by atoms with Gasteiger partial charge in [0.1, 0.15) is 0 Å². The van der Waals surface area contributed by atoms with Crippen molar-refractivity contribution < 1.29 is 26.4 Å². The molecule has 3 aromatic rings. The zero-order chi connectivity index (χ0) is 25.3. The lowest BCUT2D eigenvalue weighted by molar-refractivity contribution is 0.0997. The molecule has 0 aliphatic rings. The fourth-order valence-corrected chi connectivity index (χ4v) is 6.16. The first kappa shape index (κ1) is 26.2. The van der Waals surface area contributed by atoms with Crippen molar-refractivity contribution in [1.82, 2.24) is 8.87 Å². The van der Waals surface area contributed by atoms with Gasteiger partial charge >= 0.3 is 0 Å². The standard InChI is InChI=1S/C21H26N4O6S3/c1-14(2)24(3)34(29,30)16-7-5-15(6-8-16)20(26)23-21-25(11-12-31-4)18-10-9-17(33(22,27)28)13-19(18)32-21/h5-10,13-14H,11-12H2,1-4H3,(H2,22,27,28). The van der Waals surface area contributed by atoms with Crippen molar-refractivity contribution in [3.8, 4) is 0 Å². The number of hydrogen-bond donors (Lipinski definition) is 1. The number of sulfonamides is 2. The number of nitrogens with two attached hydrogens (primary N) is 1. The SMILES string of the molecule is COCCn1c(=NC(=O)c2ccc(S(=O)(=O)N(C)C(C)C)cc2)sc2cc(S(N)(=O)=O)ccc21. The maximum Gasteiger partial charge on any atom is 0.279 e. The van der Waals surface area contributed by atoms with E-state index in [9.17, 15) is 21.6 Å². The quantitative estimate of drug-likeness (QED) is 0.474. The molecule has 0 aliphatic carbocycles. The van der Waals surface area contributed by atoms with Crippen LogP contribution in [0.25, 0.3) is 10.2 Å². The van der Waals surface area contributed by atoms with Gasteiger partial charge in [-0.3, -0.25) is 4.79 Å². The summed E-state index contributed by atoms with van der Waals surface area (Å²) in [7, 11) is -4.52. The lowest BCUT2D eigenvalue weighted by atomic mass is 10.2. The van der Waals surface area contributed by atoms with E-state index in [0.717, 1.165) is 11.3 Å². The number of ether oxygens (including phenoxy) is 1. The third-order valence-electron chi connectivity index (χ3n) is 5.20. The second kappa shape index (κ2) is 10.1. The van der Waals surface area contributed by atoms with Crippen molar-refractivity contribution in [3.63, 3.8) is 0 Å². The van der Waals surface area contributed by atoms with E-state index < -0.39 is 26.0 Å². The number of nitrogens with zero attached hydrogens (tertiary/aromatic N) is 3. The molecule has 13 heteroatoms. The third-order valence-corrected chi connectivity index (χ3v) is 9.20. The molecule has 0 bridgehead atoms. The first-order valence-corrected chi connectivity index (χ1v) is 14.0. The van der Waals surface area contributed by atoms with E-state index >= 15 is 0 Å². The van der Waals surface area contributed by atoms with Crippen molar-refractivity contribution in [3.05, 3.63) is 52.8 Å². The van der Waals surface area contributed by atoms with Crippen molar-refractivity contribution in [2.45, 2.75) is 36.2 Å². The summed E-state index contributed by atoms with van der Waals surface area (Å²) in [5.74, 6) is -0.564. The van der Waals surface area contributed by atoms with Gasteiger partial charge in [-0.25, -0.2) is 22.0 Å². The molecule has 0 saturated heterocycles. The molecule has 3 rings (SSSR count). The molecule has 10 nitrogen and oxygen atoms in total. The summed E-state index contributed by atoms with van der Waals surface area (Å²) >= 11 is 1.14. The minimum Gasteiger partial charge on any atom is -0.383 e. The number of rotatable bonds is 8. The van der Waals surface area contributed by atoms with Crippen LogP contribution >= 0.6 is 11.3 Å². The van der Waals surface area contributed by atoms with E-state index in [1.807, 2.05) is 0 Å². The average Bonchev–Trinajstić information content (AvgIpc) is 3.12. The number of thiazole rings is 1. The highest BCUT2D eigenvalue weighted by Gasteiger charge is 2.23. The normalized spacial score (nSPS) is 13.3. The van der Waals surface area contributed by atoms with Gasteiger partial charge in [0.15, 0.2) is 4.80 Å². The van der Waals surface area contributed by atoms with Crippen molar-refractivity contribution in [2.75, 3.05) is 20.8 Å². The van der Waals surface area contributed by atoms with E-state index in [-0.39, 0.29) is 21.4 Å². The Balaban J connectivity index is 2.03. The summed E-state index contributed by atoms with van der Waals surface area (Å²) in [6, 6.07) is 9.80. The number of carbonyl (C=O) groups excluding carboxylic acids is 1. The summed E-state index contributed by atoms with van der Waals surface area (Å²) in [6.45, 7) is 4.27. The Bertz CT molecular complexity index is 1490. The fraction of sp³-hybridized carbons (Fsp3) is 0.333. The van der Waals surface area contributed by atoms with Gasteiger partial charge in [0.25, 0.3) is 5.91 Å². The molecule has 0 saturated carbocycles. The summed E-state index contributed by atoms with van der Waals surface area (Å²) in [5.41, 5.74) is 0.895. The largest absolute Gasteiger partial charge is 0.383 e. The molecule has 2 N–H and O–H groups in total. The summed E-state index contributed by atoms with van der Waals surface area (Å²) in [5, 5.41) is 5.23. The van der Waals surface area contributed by atoms with Crippen LogP contribution in [0.15, 0.2) is 57.2 Å². The number of hydrogen-bond acceptors (Lipinski definition) is 7. The van der Waals surface area contributed by atoms with E-state index in [1.54, 1.807) is 31.6 Å². The van der Waals surface area contributed by atoms with Crippen LogP contribution in [0.3, 0.4) is 0 Å². The summed E-state index contributed by atoms with van der Waals surface area (Å²) in [4.78, 5) is 17.5. The van der Waals surface area contributed by atoms with Crippen LogP contribution in [0, 0.1) is 0 Å². The van der Waals surface area contributed by atoms with E-state index in [1.165, 1.54) is 47.8 Å². The molecule has 0 fully saturated rings. The van der Waals surface area contributed by atoms with Crippen LogP contribution in [0.1, 0.15) is 24.2 Å². The van der Waals surface area contributed by atoms with Crippen LogP contribution in [0.5, 0.6) is 0 Å². The Labute approximate surface area is 202 Å². The zero-order valence-corrected chi connectivity index (χ0v) is 21.6. The molecule has 34 heavy (non-hydrogen) atoms. The van der Waals surface area contributed by atoms with Crippen LogP contribution in [0.2, 0.25) is 0 Å². The molecule has 1 heterocycles. The molecule has 0 spiro atoms. The molecule has 184 valence electrons. The summed E-state index contributed by atoms with van der Waals surface area (Å²) < 4.78 is 57.4. The predicted molar refractivity (Wildman–Crippen MR) is 129 cm³/mol. The van der Waals surface area contributed by atoms with Gasteiger partial charge in [-0.2, -0.15) is 9.30 Å². The topological polar surface area (TPSA) is 141 Å². The third kappa shape index (κ3) is 5.45. The van der Waals surface area contributed by atoms with Gasteiger partial charge < -0.3 is 9.30 Å². The molecular formula is C21H26N4O6S3. The number of benzene rings is 2. The highest BCUT2D eigenvalue weighted by atomic mass is 32.2. The molecule has 2 aromatic carbocycles. The maximum atomic E-state index is 12.9. The van der Waals surface area contributed by atoms with Crippen LogP contribution < -0.4 is 9.94 Å². The highest BCUT2D eigenvalue weighted by Crippen LogP contribution is 2.22. The maximum absolute atomic E-state index is 12.9. The Morgan fingerprint density at radius 1 is 1.12 bits per heavy atom. The second-order valence-electron chi connectivity index (χ2n) is 7.76. The number of carbonyl (C=O) groups is 1. The van der Waals surface area contributed by atoms with Crippen LogP contribution in [-0.4, -0.2) is 58.4 Å². The van der Waals surface area contributed by atoms with Crippen LogP contribution in [-0.2, 0) is 31.3 Å². The molecule has 0 radical (unpaired) electrons. The number of amides is 1. The predicted octanol–water partition coefficient (Wildman–Crippen LogP) is 1.77. The van der Waals surface area contributed by atoms with Gasteiger partial charge in [0.2, 0.25) is 20.0 Å². The Hall–Kier alpha value is -2.42. The number of methoxy groups -OCH3 is 1. The lowest BCUT2D eigenvalue weighted by Gasteiger charge is -2.20. The second-order valence-corrected chi connectivity index (χ2v) is 12.3. The molecule has 0 aliphatic heterocycles. The van der Waals surface area contributed by atoms with Gasteiger partial charge in [0, 0.05) is 32.3 Å². The van der Waals surface area contributed by atoms with Gasteiger partial charge in [-0.1, -0.05) is 11.3 Å². The fourth-order valence-electron chi connectivity index (χ4n) is 3.08. The minimum absolute atomic E-state index is 0.0406. The highest BCUT2D eigenvalue weighted by molar-refractivity contribution is 7.89.